The van der Waals surface area contributed by atoms with Gasteiger partial charge in [0.05, 0.1) is 0 Å². The van der Waals surface area contributed by atoms with Crippen molar-refractivity contribution >= 4 is 0 Å². The molecule has 0 spiro atoms. The minimum Gasteiger partial charge on any atom is -0.106 e. The van der Waals surface area contributed by atoms with Crippen molar-refractivity contribution in [1.82, 2.24) is 0 Å². The molecule has 0 rings (SSSR count). The smallest absolute Gasteiger partial charge is 0.0379 e. The molecule has 0 fully saturated rings. The minimum atomic E-state index is 1.08. The summed E-state index contributed by atoms with van der Waals surface area (Å²) < 4.78 is 0. The van der Waals surface area contributed by atoms with Crippen LogP contribution in [0, 0.1) is 0 Å². The zero-order valence-corrected chi connectivity index (χ0v) is 28.1. The van der Waals surface area contributed by atoms with Gasteiger partial charge in [-0.1, -0.05) is 108 Å². The van der Waals surface area contributed by atoms with Crippen molar-refractivity contribution < 1.29 is 0 Å². The molecular weight excluding hydrogens is 444 g/mol. The van der Waals surface area contributed by atoms with E-state index in [1.807, 2.05) is 84.9 Å². The van der Waals surface area contributed by atoms with E-state index in [0.717, 1.165) is 19.3 Å². The maximum atomic E-state index is 3.48. The van der Waals surface area contributed by atoms with E-state index in [4.69, 9.17) is 0 Å². The van der Waals surface area contributed by atoms with Crippen LogP contribution in [0.3, 0.4) is 0 Å². The van der Waals surface area contributed by atoms with Crippen molar-refractivity contribution in [2.45, 2.75) is 115 Å². The van der Waals surface area contributed by atoms with E-state index in [-0.39, 0.29) is 0 Å². The van der Waals surface area contributed by atoms with Crippen molar-refractivity contribution in [3.05, 3.63) is 126 Å². The first-order chi connectivity index (χ1) is 17.8. The highest BCUT2D eigenvalue weighted by Gasteiger charge is 1.60. The second kappa shape index (κ2) is 169. The van der Waals surface area contributed by atoms with Crippen LogP contribution in [-0.4, -0.2) is 0 Å². The molecule has 0 heterocycles. The average Bonchev–Trinajstić information content (AvgIpc) is 2.96. The van der Waals surface area contributed by atoms with Crippen LogP contribution in [0.4, 0.5) is 0 Å². The molecule has 0 aromatic carbocycles. The summed E-state index contributed by atoms with van der Waals surface area (Å²) in [5.41, 5.74) is 0. The zero-order chi connectivity index (χ0) is 32.0. The average molecular weight is 519 g/mol. The molecule has 0 bridgehead atoms. The van der Waals surface area contributed by atoms with Gasteiger partial charge in [-0.3, -0.25) is 0 Å². The Hall–Kier alpha value is -2.60. The fraction of sp³-hybridized carbons (Fsp3) is 0.459. The van der Waals surface area contributed by atoms with Gasteiger partial charge in [0.15, 0.2) is 0 Å². The lowest BCUT2D eigenvalue weighted by Gasteiger charge is -1.72. The molecule has 0 unspecified atom stereocenters. The van der Waals surface area contributed by atoms with Gasteiger partial charge >= 0.3 is 0 Å². The first-order valence-corrected chi connectivity index (χ1v) is 13.6. The fourth-order valence-corrected chi connectivity index (χ4v) is 0.569. The Morgan fingerprint density at radius 3 is 0.541 bits per heavy atom. The lowest BCUT2D eigenvalue weighted by atomic mass is 10.4. The molecule has 0 saturated heterocycles. The molecule has 0 aliphatic carbocycles. The van der Waals surface area contributed by atoms with E-state index in [0.29, 0.717) is 0 Å². The summed E-state index contributed by atoms with van der Waals surface area (Å²) >= 11 is 0. The van der Waals surface area contributed by atoms with E-state index in [2.05, 4.69) is 112 Å². The van der Waals surface area contributed by atoms with Gasteiger partial charge in [0.2, 0.25) is 0 Å². The third-order valence-electron chi connectivity index (χ3n) is 2.35. The van der Waals surface area contributed by atoms with Crippen LogP contribution in [-0.2, 0) is 0 Å². The number of rotatable bonds is 5. The Labute approximate surface area is 240 Å². The van der Waals surface area contributed by atoms with E-state index >= 15 is 0 Å². The number of hydrogen-bond acceptors (Lipinski definition) is 0. The molecule has 0 aliphatic rings. The molecule has 37 heavy (non-hydrogen) atoms. The second-order valence-corrected chi connectivity index (χ2v) is 5.81. The van der Waals surface area contributed by atoms with Crippen LogP contribution < -0.4 is 0 Å². The highest BCUT2D eigenvalue weighted by molar-refractivity contribution is 4.77. The Morgan fingerprint density at radius 2 is 0.514 bits per heavy atom. The first kappa shape index (κ1) is 64.5. The van der Waals surface area contributed by atoms with Crippen molar-refractivity contribution in [2.24, 2.45) is 0 Å². The second-order valence-electron chi connectivity index (χ2n) is 5.81. The molecule has 0 N–H and O–H groups in total. The normalized spacial score (nSPS) is 7.35. The van der Waals surface area contributed by atoms with Crippen LogP contribution in [0.5, 0.6) is 0 Å². The Balaban J connectivity index is -0.0000000278. The largest absolute Gasteiger partial charge is 0.106 e. The van der Waals surface area contributed by atoms with Gasteiger partial charge in [0, 0.05) is 0 Å². The summed E-state index contributed by atoms with van der Waals surface area (Å²) in [6.45, 7) is 50.0. The number of allylic oxidation sites excluding steroid dienone is 12. The van der Waals surface area contributed by atoms with Crippen molar-refractivity contribution in [2.75, 3.05) is 0 Å². The van der Waals surface area contributed by atoms with Crippen LogP contribution in [0.25, 0.3) is 0 Å². The number of hydrogen-bond donors (Lipinski definition) is 0. The summed E-state index contributed by atoms with van der Waals surface area (Å²) in [5, 5.41) is 0. The van der Waals surface area contributed by atoms with E-state index in [1.165, 1.54) is 12.8 Å². The predicted octanol–water partition coefficient (Wildman–Crippen LogP) is 14.7. The molecule has 0 aromatic rings. The molecule has 0 nitrogen and oxygen atoms in total. The molecular formula is C37H74. The third kappa shape index (κ3) is 804. The summed E-state index contributed by atoms with van der Waals surface area (Å²) in [5.74, 6) is 0. The first-order valence-electron chi connectivity index (χ1n) is 13.6. The van der Waals surface area contributed by atoms with Gasteiger partial charge in [-0.15, -0.1) is 52.6 Å². The maximum Gasteiger partial charge on any atom is -0.0379 e. The molecule has 0 atom stereocenters. The van der Waals surface area contributed by atoms with Crippen LogP contribution in [0.1, 0.15) is 115 Å². The summed E-state index contributed by atoms with van der Waals surface area (Å²) in [4.78, 5) is 0. The minimum absolute atomic E-state index is 1.08. The summed E-state index contributed by atoms with van der Waals surface area (Å²) in [7, 11) is 0. The van der Waals surface area contributed by atoms with Crippen LogP contribution in [0.2, 0.25) is 0 Å². The predicted molar refractivity (Wildman–Crippen MR) is 191 cm³/mol. The van der Waals surface area contributed by atoms with Gasteiger partial charge < -0.3 is 0 Å². The Morgan fingerprint density at radius 1 is 0.351 bits per heavy atom. The maximum absolute atomic E-state index is 3.48. The quantitative estimate of drug-likeness (QED) is 0.317. The molecule has 0 aromatic heterocycles. The summed E-state index contributed by atoms with van der Waals surface area (Å²) in [6, 6.07) is 0. The third-order valence-corrected chi connectivity index (χ3v) is 2.35. The van der Waals surface area contributed by atoms with Gasteiger partial charge in [-0.25, -0.2) is 0 Å². The molecule has 0 heteroatoms. The fourth-order valence-electron chi connectivity index (χ4n) is 0.569. The highest BCUT2D eigenvalue weighted by Crippen LogP contribution is 1.81. The van der Waals surface area contributed by atoms with Gasteiger partial charge in [-0.05, 0) is 80.6 Å². The molecule has 0 aliphatic heterocycles. The Bertz CT molecular complexity index is 348. The molecule has 222 valence electrons. The van der Waals surface area contributed by atoms with E-state index < -0.39 is 0 Å². The van der Waals surface area contributed by atoms with Gasteiger partial charge in [-0.2, -0.15) is 0 Å². The van der Waals surface area contributed by atoms with Gasteiger partial charge in [0.25, 0.3) is 0 Å². The van der Waals surface area contributed by atoms with Crippen LogP contribution in [0.15, 0.2) is 126 Å². The molecule has 0 saturated carbocycles. The molecule has 0 radical (unpaired) electrons. The van der Waals surface area contributed by atoms with Crippen molar-refractivity contribution in [3.8, 4) is 0 Å². The van der Waals surface area contributed by atoms with Crippen molar-refractivity contribution in [3.63, 3.8) is 0 Å². The standard InChI is InChI=1S/C6H12.C5H10.4C4H8.2C3H6.2C2H4/c1-3-5-6-4-2;1-3-5-4-2;4*1-3-4-2;2*1-3-2;2*1-2/h5-6H,3-4H2,1-2H3;3,5H,4H2,1-2H3;2*3-4H,1-2H3;2*3H,1,4H2,2H3;2*3H,1H2,2H3;2*1-2H2/b6-5+;5-3+;2*4-3+;;;;;;. The van der Waals surface area contributed by atoms with Gasteiger partial charge in [0.1, 0.15) is 0 Å². The highest BCUT2D eigenvalue weighted by atomic mass is 13.7. The monoisotopic (exact) mass is 519 g/mol. The lowest BCUT2D eigenvalue weighted by Crippen LogP contribution is -1.51. The topological polar surface area (TPSA) is 0 Å². The molecule has 0 amide bonds. The zero-order valence-electron chi connectivity index (χ0n) is 28.1. The lowest BCUT2D eigenvalue weighted by molar-refractivity contribution is 1.16. The van der Waals surface area contributed by atoms with Crippen LogP contribution >= 0.6 is 0 Å². The van der Waals surface area contributed by atoms with E-state index in [1.54, 1.807) is 12.2 Å². The summed E-state index contributed by atoms with van der Waals surface area (Å²) in [6.07, 6.45) is 29.5. The SMILES string of the molecule is C/C=C/C.C/C=C/C.C/C=C/CC.C=C.C=C.C=CC.C=CC.C=CCC.C=CCC.CC/C=C/CC. The Kier molecular flexibility index (Phi) is 295. The van der Waals surface area contributed by atoms with E-state index in [9.17, 15) is 0 Å². The van der Waals surface area contributed by atoms with Crippen molar-refractivity contribution in [1.29, 1.82) is 0 Å².